The van der Waals surface area contributed by atoms with Crippen LogP contribution in [-0.4, -0.2) is 35.0 Å². The molecule has 1 aliphatic rings. The van der Waals surface area contributed by atoms with Gasteiger partial charge in [0.2, 0.25) is 0 Å². The van der Waals surface area contributed by atoms with Crippen molar-refractivity contribution in [3.05, 3.63) is 41.5 Å². The average Bonchev–Trinajstić information content (AvgIpc) is 2.53. The van der Waals surface area contributed by atoms with Gasteiger partial charge in [0.05, 0.1) is 0 Å². The van der Waals surface area contributed by atoms with Crippen molar-refractivity contribution in [2.45, 2.75) is 19.3 Å². The zero-order chi connectivity index (χ0) is 14.4. The van der Waals surface area contributed by atoms with Gasteiger partial charge in [0.1, 0.15) is 0 Å². The van der Waals surface area contributed by atoms with E-state index >= 15 is 0 Å². The van der Waals surface area contributed by atoms with Gasteiger partial charge in [-0.05, 0) is 37.0 Å². The SMILES string of the molecule is O=C(C=Cc1ccccc1C(=O)N1CCCCC1)NO. The molecule has 1 aromatic rings. The summed E-state index contributed by atoms with van der Waals surface area (Å²) < 4.78 is 0. The van der Waals surface area contributed by atoms with E-state index in [4.69, 9.17) is 5.21 Å². The van der Waals surface area contributed by atoms with Crippen molar-refractivity contribution in [2.24, 2.45) is 0 Å². The highest BCUT2D eigenvalue weighted by Crippen LogP contribution is 2.17. The van der Waals surface area contributed by atoms with E-state index in [1.165, 1.54) is 24.1 Å². The van der Waals surface area contributed by atoms with E-state index in [1.807, 2.05) is 11.0 Å². The van der Waals surface area contributed by atoms with E-state index in [9.17, 15) is 9.59 Å². The molecule has 0 bridgehead atoms. The predicted molar refractivity (Wildman–Crippen MR) is 75.2 cm³/mol. The molecule has 1 heterocycles. The molecule has 0 spiro atoms. The van der Waals surface area contributed by atoms with Crippen LogP contribution in [0.25, 0.3) is 6.08 Å². The number of piperidine rings is 1. The third-order valence-corrected chi connectivity index (χ3v) is 3.36. The Morgan fingerprint density at radius 3 is 2.55 bits per heavy atom. The van der Waals surface area contributed by atoms with Crippen LogP contribution in [0.4, 0.5) is 0 Å². The van der Waals surface area contributed by atoms with E-state index in [2.05, 4.69) is 0 Å². The lowest BCUT2D eigenvalue weighted by Gasteiger charge is -2.27. The van der Waals surface area contributed by atoms with Crippen molar-refractivity contribution >= 4 is 17.9 Å². The maximum atomic E-state index is 12.5. The summed E-state index contributed by atoms with van der Waals surface area (Å²) in [5.41, 5.74) is 2.78. The van der Waals surface area contributed by atoms with Crippen LogP contribution in [0.3, 0.4) is 0 Å². The summed E-state index contributed by atoms with van der Waals surface area (Å²) in [4.78, 5) is 25.4. The summed E-state index contributed by atoms with van der Waals surface area (Å²) in [6.45, 7) is 1.57. The van der Waals surface area contributed by atoms with Crippen molar-refractivity contribution in [1.82, 2.24) is 10.4 Å². The summed E-state index contributed by atoms with van der Waals surface area (Å²) in [6, 6.07) is 7.15. The predicted octanol–water partition coefficient (Wildman–Crippen LogP) is 1.83. The molecule has 0 unspecified atom stereocenters. The summed E-state index contributed by atoms with van der Waals surface area (Å²) >= 11 is 0. The van der Waals surface area contributed by atoms with Crippen LogP contribution in [0.2, 0.25) is 0 Å². The smallest absolute Gasteiger partial charge is 0.267 e. The fourth-order valence-corrected chi connectivity index (χ4v) is 2.31. The van der Waals surface area contributed by atoms with Crippen LogP contribution in [0.5, 0.6) is 0 Å². The summed E-state index contributed by atoms with van der Waals surface area (Å²) in [5, 5.41) is 8.47. The van der Waals surface area contributed by atoms with Gasteiger partial charge in [-0.15, -0.1) is 0 Å². The Labute approximate surface area is 117 Å². The maximum absolute atomic E-state index is 12.5. The van der Waals surface area contributed by atoms with Crippen LogP contribution < -0.4 is 5.48 Å². The number of nitrogens with zero attached hydrogens (tertiary/aromatic N) is 1. The van der Waals surface area contributed by atoms with Crippen LogP contribution in [-0.2, 0) is 4.79 Å². The first kappa shape index (κ1) is 14.3. The minimum atomic E-state index is -0.620. The van der Waals surface area contributed by atoms with E-state index in [0.29, 0.717) is 11.1 Å². The maximum Gasteiger partial charge on any atom is 0.267 e. The van der Waals surface area contributed by atoms with Crippen molar-refractivity contribution in [3.63, 3.8) is 0 Å². The van der Waals surface area contributed by atoms with E-state index in [-0.39, 0.29) is 5.91 Å². The van der Waals surface area contributed by atoms with Crippen LogP contribution in [0.15, 0.2) is 30.3 Å². The zero-order valence-corrected chi connectivity index (χ0v) is 11.2. The van der Waals surface area contributed by atoms with Crippen LogP contribution in [0.1, 0.15) is 35.2 Å². The van der Waals surface area contributed by atoms with Gasteiger partial charge in [0.25, 0.3) is 11.8 Å². The van der Waals surface area contributed by atoms with Crippen LogP contribution in [0, 0.1) is 0 Å². The summed E-state index contributed by atoms with van der Waals surface area (Å²) in [5.74, 6) is -0.625. The number of hydroxylamine groups is 1. The molecule has 0 saturated carbocycles. The van der Waals surface area contributed by atoms with Gasteiger partial charge in [-0.1, -0.05) is 18.2 Å². The molecule has 1 aliphatic heterocycles. The molecule has 1 saturated heterocycles. The van der Waals surface area contributed by atoms with Gasteiger partial charge in [-0.25, -0.2) is 5.48 Å². The fourth-order valence-electron chi connectivity index (χ4n) is 2.31. The van der Waals surface area contributed by atoms with Gasteiger partial charge < -0.3 is 4.90 Å². The minimum absolute atomic E-state index is 0.00523. The Morgan fingerprint density at radius 2 is 1.85 bits per heavy atom. The first-order chi connectivity index (χ1) is 9.72. The lowest BCUT2D eigenvalue weighted by molar-refractivity contribution is -0.124. The van der Waals surface area contributed by atoms with Crippen molar-refractivity contribution in [2.75, 3.05) is 13.1 Å². The molecule has 5 heteroatoms. The molecule has 2 rings (SSSR count). The Balaban J connectivity index is 2.20. The summed E-state index contributed by atoms with van der Waals surface area (Å²) in [7, 11) is 0. The number of rotatable bonds is 3. The molecule has 1 aromatic carbocycles. The monoisotopic (exact) mass is 274 g/mol. The zero-order valence-electron chi connectivity index (χ0n) is 11.2. The molecule has 0 aromatic heterocycles. The standard InChI is InChI=1S/C15H18N2O3/c18-14(16-20)9-8-12-6-2-3-7-13(12)15(19)17-10-4-1-5-11-17/h2-3,6-9,20H,1,4-5,10-11H2,(H,16,18). The topological polar surface area (TPSA) is 69.6 Å². The minimum Gasteiger partial charge on any atom is -0.339 e. The van der Waals surface area contributed by atoms with Crippen molar-refractivity contribution in [1.29, 1.82) is 0 Å². The van der Waals surface area contributed by atoms with Gasteiger partial charge in [-0.2, -0.15) is 0 Å². The van der Waals surface area contributed by atoms with Crippen molar-refractivity contribution in [3.8, 4) is 0 Å². The Morgan fingerprint density at radius 1 is 1.15 bits per heavy atom. The Hall–Kier alpha value is -2.14. The number of amides is 2. The van der Waals surface area contributed by atoms with E-state index < -0.39 is 5.91 Å². The second-order valence-electron chi connectivity index (χ2n) is 4.75. The third-order valence-electron chi connectivity index (χ3n) is 3.36. The molecule has 2 N–H and O–H groups in total. The van der Waals surface area contributed by atoms with Gasteiger partial charge in [0.15, 0.2) is 0 Å². The highest BCUT2D eigenvalue weighted by Gasteiger charge is 2.19. The lowest BCUT2D eigenvalue weighted by atomic mass is 10.0. The molecule has 1 fully saturated rings. The lowest BCUT2D eigenvalue weighted by Crippen LogP contribution is -2.35. The number of nitrogens with one attached hydrogen (secondary N) is 1. The second kappa shape index (κ2) is 6.86. The molecule has 0 radical (unpaired) electrons. The molecular weight excluding hydrogens is 256 g/mol. The number of likely N-dealkylation sites (tertiary alicyclic amines) is 1. The molecule has 0 aliphatic carbocycles. The first-order valence-electron chi connectivity index (χ1n) is 6.73. The van der Waals surface area contributed by atoms with E-state index in [1.54, 1.807) is 18.2 Å². The first-order valence-corrected chi connectivity index (χ1v) is 6.73. The molecular formula is C15H18N2O3. The van der Waals surface area contributed by atoms with Gasteiger partial charge in [0, 0.05) is 24.7 Å². The fraction of sp³-hybridized carbons (Fsp3) is 0.333. The van der Waals surface area contributed by atoms with Gasteiger partial charge >= 0.3 is 0 Å². The molecule has 5 nitrogen and oxygen atoms in total. The molecule has 0 atom stereocenters. The summed E-state index contributed by atoms with van der Waals surface area (Å²) in [6.07, 6.45) is 5.97. The van der Waals surface area contributed by atoms with Gasteiger partial charge in [-0.3, -0.25) is 14.8 Å². The van der Waals surface area contributed by atoms with E-state index in [0.717, 1.165) is 25.9 Å². The Bertz CT molecular complexity index is 520. The second-order valence-corrected chi connectivity index (χ2v) is 4.75. The molecule has 106 valence electrons. The number of carbonyl (C=O) groups excluding carboxylic acids is 2. The third kappa shape index (κ3) is 3.45. The largest absolute Gasteiger partial charge is 0.339 e. The molecule has 20 heavy (non-hydrogen) atoms. The highest BCUT2D eigenvalue weighted by molar-refractivity contribution is 5.99. The number of benzene rings is 1. The van der Waals surface area contributed by atoms with Crippen LogP contribution >= 0.6 is 0 Å². The number of carbonyl (C=O) groups is 2. The highest BCUT2D eigenvalue weighted by atomic mass is 16.5. The number of hydrogen-bond acceptors (Lipinski definition) is 3. The Kier molecular flexibility index (Phi) is 4.90. The quantitative estimate of drug-likeness (QED) is 0.502. The number of hydrogen-bond donors (Lipinski definition) is 2. The molecule has 2 amide bonds. The van der Waals surface area contributed by atoms with Crippen molar-refractivity contribution < 1.29 is 14.8 Å². The average molecular weight is 274 g/mol. The normalized spacial score (nSPS) is 15.3.